The summed E-state index contributed by atoms with van der Waals surface area (Å²) in [5.74, 6) is 0.395. The number of nitrogens with zero attached hydrogens (tertiary/aromatic N) is 3. The molecule has 0 aliphatic heterocycles. The highest BCUT2D eigenvalue weighted by Crippen LogP contribution is 2.24. The molecule has 1 aromatic heterocycles. The first kappa shape index (κ1) is 16.5. The number of rotatable bonds is 6. The largest absolute Gasteiger partial charge is 0.370 e. The summed E-state index contributed by atoms with van der Waals surface area (Å²) >= 11 is 0. The van der Waals surface area contributed by atoms with Gasteiger partial charge >= 0.3 is 0 Å². The Morgan fingerprint density at radius 1 is 1.12 bits per heavy atom. The van der Waals surface area contributed by atoms with E-state index >= 15 is 0 Å². The fourth-order valence-corrected chi connectivity index (χ4v) is 2.48. The topological polar surface area (TPSA) is 68.2 Å². The number of hydrogen-bond donors (Lipinski definition) is 2. The van der Waals surface area contributed by atoms with Crippen molar-refractivity contribution in [2.75, 3.05) is 6.54 Å². The van der Waals surface area contributed by atoms with Crippen molar-refractivity contribution in [2.45, 2.75) is 6.54 Å². The maximum atomic E-state index is 5.88. The minimum Gasteiger partial charge on any atom is -0.370 e. The summed E-state index contributed by atoms with van der Waals surface area (Å²) < 4.78 is 1.88. The van der Waals surface area contributed by atoms with Gasteiger partial charge in [-0.25, -0.2) is 9.67 Å². The maximum absolute atomic E-state index is 5.88. The molecule has 0 bridgehead atoms. The molecule has 5 heteroatoms. The van der Waals surface area contributed by atoms with E-state index in [1.54, 1.807) is 6.08 Å². The predicted octanol–water partition coefficient (Wildman–Crippen LogP) is 3.13. The van der Waals surface area contributed by atoms with Crippen LogP contribution in [0.25, 0.3) is 16.9 Å². The molecule has 126 valence electrons. The van der Waals surface area contributed by atoms with Gasteiger partial charge in [0.15, 0.2) is 5.96 Å². The van der Waals surface area contributed by atoms with Crippen LogP contribution in [0, 0.1) is 0 Å². The lowest BCUT2D eigenvalue weighted by molar-refractivity contribution is 0.882. The molecule has 2 aromatic carbocycles. The molecule has 3 rings (SSSR count). The maximum Gasteiger partial charge on any atom is 0.189 e. The van der Waals surface area contributed by atoms with Gasteiger partial charge in [0.05, 0.1) is 17.9 Å². The molecule has 5 nitrogen and oxygen atoms in total. The first-order chi connectivity index (χ1) is 12.3. The summed E-state index contributed by atoms with van der Waals surface area (Å²) in [7, 11) is 0. The minimum atomic E-state index is 0.395. The van der Waals surface area contributed by atoms with Crippen LogP contribution in [0.15, 0.2) is 84.5 Å². The van der Waals surface area contributed by atoms with Crippen LogP contribution < -0.4 is 11.1 Å². The third kappa shape index (κ3) is 4.14. The molecule has 25 heavy (non-hydrogen) atoms. The monoisotopic (exact) mass is 331 g/mol. The summed E-state index contributed by atoms with van der Waals surface area (Å²) in [6.07, 6.45) is 3.74. The highest BCUT2D eigenvalue weighted by Gasteiger charge is 2.11. The summed E-state index contributed by atoms with van der Waals surface area (Å²) in [4.78, 5) is 4.41. The van der Waals surface area contributed by atoms with E-state index in [0.717, 1.165) is 22.5 Å². The van der Waals surface area contributed by atoms with E-state index in [-0.39, 0.29) is 0 Å². The van der Waals surface area contributed by atoms with Gasteiger partial charge in [0.25, 0.3) is 0 Å². The van der Waals surface area contributed by atoms with Crippen molar-refractivity contribution >= 4 is 5.96 Å². The van der Waals surface area contributed by atoms with Crippen LogP contribution in [0.4, 0.5) is 0 Å². The van der Waals surface area contributed by atoms with E-state index in [1.165, 1.54) is 0 Å². The molecule has 1 heterocycles. The minimum absolute atomic E-state index is 0.395. The summed E-state index contributed by atoms with van der Waals surface area (Å²) in [5, 5.41) is 7.74. The number of guanidine groups is 1. The van der Waals surface area contributed by atoms with Crippen molar-refractivity contribution in [1.29, 1.82) is 0 Å². The Morgan fingerprint density at radius 3 is 2.48 bits per heavy atom. The molecule has 0 spiro atoms. The Kier molecular flexibility index (Phi) is 5.26. The van der Waals surface area contributed by atoms with Crippen molar-refractivity contribution in [3.05, 3.63) is 85.1 Å². The number of aromatic nitrogens is 2. The van der Waals surface area contributed by atoms with Gasteiger partial charge in [0.2, 0.25) is 0 Å². The molecule has 0 unspecified atom stereocenters. The van der Waals surface area contributed by atoms with Crippen molar-refractivity contribution in [2.24, 2.45) is 10.7 Å². The van der Waals surface area contributed by atoms with E-state index in [4.69, 9.17) is 10.8 Å². The van der Waals surface area contributed by atoms with Crippen molar-refractivity contribution in [3.8, 4) is 16.9 Å². The Labute approximate surface area is 147 Å². The summed E-state index contributed by atoms with van der Waals surface area (Å²) in [6, 6.07) is 20.1. The molecule has 0 aliphatic carbocycles. The average Bonchev–Trinajstić information content (AvgIpc) is 3.10. The van der Waals surface area contributed by atoms with Crippen LogP contribution in [0.2, 0.25) is 0 Å². The van der Waals surface area contributed by atoms with E-state index in [0.29, 0.717) is 19.0 Å². The molecule has 0 saturated heterocycles. The van der Waals surface area contributed by atoms with Crippen LogP contribution >= 0.6 is 0 Å². The third-order valence-electron chi connectivity index (χ3n) is 3.71. The molecule has 0 saturated carbocycles. The number of nitrogens with two attached hydrogens (primary N) is 1. The Bertz CT molecular complexity index is 850. The number of aliphatic imine (C=N–C) groups is 1. The zero-order valence-corrected chi connectivity index (χ0v) is 14.0. The molecule has 0 atom stereocenters. The predicted molar refractivity (Wildman–Crippen MR) is 103 cm³/mol. The average molecular weight is 331 g/mol. The smallest absolute Gasteiger partial charge is 0.189 e. The number of nitrogens with one attached hydrogen (secondary N) is 1. The zero-order valence-electron chi connectivity index (χ0n) is 14.0. The third-order valence-corrected chi connectivity index (χ3v) is 3.71. The normalized spacial score (nSPS) is 11.3. The Balaban J connectivity index is 1.95. The molecule has 3 N–H and O–H groups in total. The standard InChI is InChI=1S/C20H21N5/c1-2-13-22-20(21)23-14-17-15-25(18-11-7-4-8-12-18)24-19(17)16-9-5-3-6-10-16/h2-12,15H,1,13-14H2,(H3,21,22,23). The molecule has 0 fully saturated rings. The highest BCUT2D eigenvalue weighted by atomic mass is 15.3. The van der Waals surface area contributed by atoms with Crippen LogP contribution in [0.1, 0.15) is 5.56 Å². The van der Waals surface area contributed by atoms with Crippen LogP contribution in [-0.4, -0.2) is 22.3 Å². The number of hydrogen-bond acceptors (Lipinski definition) is 2. The van der Waals surface area contributed by atoms with Crippen molar-refractivity contribution < 1.29 is 0 Å². The Morgan fingerprint density at radius 2 is 1.80 bits per heavy atom. The van der Waals surface area contributed by atoms with E-state index < -0.39 is 0 Å². The zero-order chi connectivity index (χ0) is 17.5. The van der Waals surface area contributed by atoms with Crippen LogP contribution in [0.3, 0.4) is 0 Å². The first-order valence-electron chi connectivity index (χ1n) is 8.12. The lowest BCUT2D eigenvalue weighted by Gasteiger charge is -2.03. The van der Waals surface area contributed by atoms with Gasteiger partial charge in [0, 0.05) is 23.9 Å². The molecule has 0 radical (unpaired) electrons. The second kappa shape index (κ2) is 7.97. The summed E-state index contributed by atoms with van der Waals surface area (Å²) in [5.41, 5.74) is 9.86. The number of para-hydroxylation sites is 1. The Hall–Kier alpha value is -3.34. The van der Waals surface area contributed by atoms with Crippen LogP contribution in [0.5, 0.6) is 0 Å². The van der Waals surface area contributed by atoms with Gasteiger partial charge in [-0.3, -0.25) is 0 Å². The fraction of sp³-hybridized carbons (Fsp3) is 0.100. The van der Waals surface area contributed by atoms with E-state index in [2.05, 4.69) is 16.9 Å². The fourth-order valence-electron chi connectivity index (χ4n) is 2.48. The summed E-state index contributed by atoms with van der Waals surface area (Å²) in [6.45, 7) is 4.69. The molecule has 0 amide bonds. The highest BCUT2D eigenvalue weighted by molar-refractivity contribution is 5.78. The lowest BCUT2D eigenvalue weighted by Crippen LogP contribution is -2.31. The number of benzene rings is 2. The molecule has 3 aromatic rings. The van der Waals surface area contributed by atoms with Crippen molar-refractivity contribution in [1.82, 2.24) is 15.1 Å². The lowest BCUT2D eigenvalue weighted by atomic mass is 10.1. The van der Waals surface area contributed by atoms with Gasteiger partial charge in [-0.05, 0) is 12.1 Å². The SMILES string of the molecule is C=CCNC(N)=NCc1cn(-c2ccccc2)nc1-c1ccccc1. The van der Waals surface area contributed by atoms with Gasteiger partial charge in [-0.1, -0.05) is 54.6 Å². The quantitative estimate of drug-likeness (QED) is 0.414. The molecular weight excluding hydrogens is 310 g/mol. The van der Waals surface area contributed by atoms with Gasteiger partial charge in [-0.15, -0.1) is 6.58 Å². The first-order valence-corrected chi connectivity index (χ1v) is 8.12. The van der Waals surface area contributed by atoms with Gasteiger partial charge in [-0.2, -0.15) is 5.10 Å². The second-order valence-corrected chi connectivity index (χ2v) is 5.52. The second-order valence-electron chi connectivity index (χ2n) is 5.52. The van der Waals surface area contributed by atoms with E-state index in [9.17, 15) is 0 Å². The molecular formula is C20H21N5. The van der Waals surface area contributed by atoms with E-state index in [1.807, 2.05) is 71.5 Å². The van der Waals surface area contributed by atoms with Gasteiger partial charge in [0.1, 0.15) is 0 Å². The molecule has 0 aliphatic rings. The van der Waals surface area contributed by atoms with Gasteiger partial charge < -0.3 is 11.1 Å². The van der Waals surface area contributed by atoms with Crippen molar-refractivity contribution in [3.63, 3.8) is 0 Å². The van der Waals surface area contributed by atoms with Crippen LogP contribution in [-0.2, 0) is 6.54 Å².